The Hall–Kier alpha value is -1.82. The zero-order valence-electron chi connectivity index (χ0n) is 13.2. The van der Waals surface area contributed by atoms with E-state index in [0.717, 1.165) is 11.1 Å². The summed E-state index contributed by atoms with van der Waals surface area (Å²) in [7, 11) is 1.52. The van der Waals surface area contributed by atoms with Crippen molar-refractivity contribution < 1.29 is 4.74 Å². The molecule has 0 unspecified atom stereocenters. The molecule has 0 aliphatic carbocycles. The Labute approximate surface area is 153 Å². The minimum atomic E-state index is -0.247. The number of hydrogen-bond donors (Lipinski definition) is 1. The highest BCUT2D eigenvalue weighted by atomic mass is 35.5. The lowest BCUT2D eigenvalue weighted by Gasteiger charge is -2.14. The maximum Gasteiger partial charge on any atom is 0.266 e. The van der Waals surface area contributed by atoms with E-state index in [1.807, 2.05) is 19.9 Å². The largest absolute Gasteiger partial charge is 0.495 e. The summed E-state index contributed by atoms with van der Waals surface area (Å²) in [6, 6.07) is 6.90. The molecule has 0 aliphatic heterocycles. The van der Waals surface area contributed by atoms with Gasteiger partial charge in [0, 0.05) is 11.1 Å². The summed E-state index contributed by atoms with van der Waals surface area (Å²) >= 11 is 17.7. The van der Waals surface area contributed by atoms with E-state index in [9.17, 15) is 4.79 Å². The van der Waals surface area contributed by atoms with E-state index < -0.39 is 0 Å². The molecule has 0 radical (unpaired) electrons. The van der Waals surface area contributed by atoms with Crippen LogP contribution in [0.3, 0.4) is 0 Å². The van der Waals surface area contributed by atoms with Crippen molar-refractivity contribution in [3.05, 3.63) is 60.6 Å². The number of nitrogens with zero attached hydrogens (tertiary/aromatic N) is 1. The first-order valence-electron chi connectivity index (χ1n) is 7.13. The number of nitrogens with one attached hydrogen (secondary N) is 1. The lowest BCUT2D eigenvalue weighted by atomic mass is 10.1. The van der Waals surface area contributed by atoms with E-state index in [2.05, 4.69) is 4.98 Å². The lowest BCUT2D eigenvalue weighted by Crippen LogP contribution is -2.21. The number of ether oxygens (including phenoxy) is 1. The molecule has 3 aromatic rings. The van der Waals surface area contributed by atoms with Crippen molar-refractivity contribution in [2.24, 2.45) is 0 Å². The van der Waals surface area contributed by atoms with Crippen molar-refractivity contribution in [2.45, 2.75) is 13.8 Å². The molecule has 1 aromatic heterocycles. The van der Waals surface area contributed by atoms with Crippen LogP contribution in [0.25, 0.3) is 16.6 Å². The Morgan fingerprint density at radius 3 is 2.46 bits per heavy atom. The number of rotatable bonds is 2. The van der Waals surface area contributed by atoms with E-state index in [-0.39, 0.29) is 5.56 Å². The second kappa shape index (κ2) is 6.24. The fourth-order valence-corrected chi connectivity index (χ4v) is 3.35. The fraction of sp³-hybridized carbons (Fsp3) is 0.176. The zero-order valence-corrected chi connectivity index (χ0v) is 15.6. The standard InChI is InChI=1S/C17H14Cl2N2O2S/c1-8-5-13-10(6-11(8)18)16(22)21(17(24)20-13)14-7-15(23-3)12(19)4-9(14)2/h4-7H,1-3H3,(H,20,24). The fourth-order valence-electron chi connectivity index (χ4n) is 2.60. The average molecular weight is 381 g/mol. The van der Waals surface area contributed by atoms with Gasteiger partial charge >= 0.3 is 0 Å². The number of halogens is 2. The molecule has 0 aliphatic rings. The average Bonchev–Trinajstić information content (AvgIpc) is 2.51. The first-order valence-corrected chi connectivity index (χ1v) is 8.29. The van der Waals surface area contributed by atoms with Gasteiger partial charge in [0.2, 0.25) is 0 Å². The van der Waals surface area contributed by atoms with Gasteiger partial charge in [-0.15, -0.1) is 0 Å². The first-order chi connectivity index (χ1) is 11.3. The van der Waals surface area contributed by atoms with Crippen LogP contribution in [0.1, 0.15) is 11.1 Å². The summed E-state index contributed by atoms with van der Waals surface area (Å²) in [6.45, 7) is 3.73. The molecule has 1 heterocycles. The molecule has 124 valence electrons. The third kappa shape index (κ3) is 2.73. The minimum absolute atomic E-state index is 0.247. The predicted molar refractivity (Wildman–Crippen MR) is 101 cm³/mol. The molecule has 0 bridgehead atoms. The van der Waals surface area contributed by atoms with Gasteiger partial charge in [-0.2, -0.15) is 0 Å². The molecular weight excluding hydrogens is 367 g/mol. The molecule has 0 saturated carbocycles. The number of aromatic nitrogens is 2. The maximum absolute atomic E-state index is 13.0. The number of aryl methyl sites for hydroxylation is 2. The third-order valence-electron chi connectivity index (χ3n) is 3.89. The van der Waals surface area contributed by atoms with Crippen LogP contribution in [0.5, 0.6) is 5.75 Å². The zero-order chi connectivity index (χ0) is 17.6. The molecule has 0 fully saturated rings. The molecule has 0 atom stereocenters. The van der Waals surface area contributed by atoms with Gasteiger partial charge in [-0.1, -0.05) is 23.2 Å². The summed E-state index contributed by atoms with van der Waals surface area (Å²) in [4.78, 5) is 16.1. The van der Waals surface area contributed by atoms with Gasteiger partial charge in [-0.25, -0.2) is 0 Å². The number of benzene rings is 2. The monoisotopic (exact) mass is 380 g/mol. The Morgan fingerprint density at radius 2 is 1.79 bits per heavy atom. The Bertz CT molecular complexity index is 1090. The molecule has 3 rings (SSSR count). The maximum atomic E-state index is 13.0. The van der Waals surface area contributed by atoms with Crippen LogP contribution in [0.15, 0.2) is 29.1 Å². The molecule has 2 aromatic carbocycles. The summed E-state index contributed by atoms with van der Waals surface area (Å²) in [6.07, 6.45) is 0. The summed E-state index contributed by atoms with van der Waals surface area (Å²) in [5, 5.41) is 1.47. The van der Waals surface area contributed by atoms with Crippen LogP contribution >= 0.6 is 35.4 Å². The molecule has 0 amide bonds. The first kappa shape index (κ1) is 17.0. The minimum Gasteiger partial charge on any atom is -0.495 e. The Morgan fingerprint density at radius 1 is 1.08 bits per heavy atom. The topological polar surface area (TPSA) is 47.0 Å². The molecule has 7 heteroatoms. The second-order valence-electron chi connectivity index (χ2n) is 5.49. The van der Waals surface area contributed by atoms with Gasteiger partial charge in [0.15, 0.2) is 4.77 Å². The van der Waals surface area contributed by atoms with Crippen molar-refractivity contribution in [1.29, 1.82) is 0 Å². The molecule has 0 spiro atoms. The Kier molecular flexibility index (Phi) is 4.42. The van der Waals surface area contributed by atoms with E-state index in [1.165, 1.54) is 11.7 Å². The van der Waals surface area contributed by atoms with Crippen LogP contribution in [0.2, 0.25) is 10.0 Å². The number of hydrogen-bond acceptors (Lipinski definition) is 3. The second-order valence-corrected chi connectivity index (χ2v) is 6.69. The van der Waals surface area contributed by atoms with Crippen LogP contribution in [0.4, 0.5) is 0 Å². The van der Waals surface area contributed by atoms with Crippen molar-refractivity contribution in [3.8, 4) is 11.4 Å². The van der Waals surface area contributed by atoms with Crippen LogP contribution in [-0.2, 0) is 0 Å². The van der Waals surface area contributed by atoms with Crippen molar-refractivity contribution in [3.63, 3.8) is 0 Å². The van der Waals surface area contributed by atoms with Gasteiger partial charge in [-0.05, 0) is 55.4 Å². The van der Waals surface area contributed by atoms with E-state index in [4.69, 9.17) is 40.2 Å². The predicted octanol–water partition coefficient (Wildman–Crippen LogP) is 4.98. The smallest absolute Gasteiger partial charge is 0.266 e. The highest BCUT2D eigenvalue weighted by Crippen LogP contribution is 2.30. The Balaban J connectivity index is 2.42. The number of methoxy groups -OCH3 is 1. The van der Waals surface area contributed by atoms with Crippen molar-refractivity contribution in [1.82, 2.24) is 9.55 Å². The van der Waals surface area contributed by atoms with Crippen molar-refractivity contribution in [2.75, 3.05) is 7.11 Å². The molecular formula is C17H14Cl2N2O2S. The van der Waals surface area contributed by atoms with Gasteiger partial charge in [0.1, 0.15) is 5.75 Å². The lowest BCUT2D eigenvalue weighted by molar-refractivity contribution is 0.414. The van der Waals surface area contributed by atoms with Gasteiger partial charge < -0.3 is 9.72 Å². The number of fused-ring (bicyclic) bond motifs is 1. The SMILES string of the molecule is COc1cc(-n2c(=S)[nH]c3cc(C)c(Cl)cc3c2=O)c(C)cc1Cl. The number of H-pyrrole nitrogens is 1. The van der Waals surface area contributed by atoms with E-state index in [0.29, 0.717) is 37.2 Å². The molecule has 1 N–H and O–H groups in total. The third-order valence-corrected chi connectivity index (χ3v) is 4.88. The quantitative estimate of drug-likeness (QED) is 0.637. The molecule has 0 saturated heterocycles. The van der Waals surface area contributed by atoms with E-state index in [1.54, 1.807) is 18.2 Å². The highest BCUT2D eigenvalue weighted by Gasteiger charge is 2.14. The normalized spacial score (nSPS) is 11.0. The number of aromatic amines is 1. The summed E-state index contributed by atoms with van der Waals surface area (Å²) in [5.74, 6) is 0.473. The van der Waals surface area contributed by atoms with Gasteiger partial charge in [0.25, 0.3) is 5.56 Å². The molecule has 4 nitrogen and oxygen atoms in total. The van der Waals surface area contributed by atoms with Crippen LogP contribution in [0, 0.1) is 18.6 Å². The molecule has 24 heavy (non-hydrogen) atoms. The van der Waals surface area contributed by atoms with Crippen LogP contribution in [-0.4, -0.2) is 16.7 Å². The highest BCUT2D eigenvalue weighted by molar-refractivity contribution is 7.71. The van der Waals surface area contributed by atoms with Gasteiger partial charge in [-0.3, -0.25) is 9.36 Å². The van der Waals surface area contributed by atoms with Gasteiger partial charge in [0.05, 0.1) is 28.7 Å². The van der Waals surface area contributed by atoms with Crippen LogP contribution < -0.4 is 10.3 Å². The van der Waals surface area contributed by atoms with Crippen molar-refractivity contribution >= 4 is 46.3 Å². The summed E-state index contributed by atoms with van der Waals surface area (Å²) < 4.78 is 6.97. The van der Waals surface area contributed by atoms with E-state index >= 15 is 0 Å². The summed E-state index contributed by atoms with van der Waals surface area (Å²) in [5.41, 5.74) is 2.70.